The van der Waals surface area contributed by atoms with Crippen molar-refractivity contribution in [1.29, 1.82) is 0 Å². The maximum absolute atomic E-state index is 10.6. The first-order valence-corrected chi connectivity index (χ1v) is 4.60. The van der Waals surface area contributed by atoms with E-state index in [4.69, 9.17) is 14.4 Å². The highest BCUT2D eigenvalue weighted by Crippen LogP contribution is 2.20. The van der Waals surface area contributed by atoms with Gasteiger partial charge in [0, 0.05) is 6.07 Å². The van der Waals surface area contributed by atoms with E-state index in [9.17, 15) is 4.79 Å². The van der Waals surface area contributed by atoms with Crippen molar-refractivity contribution >= 4 is 5.97 Å². The number of ether oxygens (including phenoxy) is 1. The van der Waals surface area contributed by atoms with Gasteiger partial charge in [-0.2, -0.15) is 0 Å². The van der Waals surface area contributed by atoms with Crippen molar-refractivity contribution in [3.05, 3.63) is 41.7 Å². The number of benzene rings is 1. The molecule has 0 fully saturated rings. The highest BCUT2D eigenvalue weighted by atomic mass is 16.5. The van der Waals surface area contributed by atoms with Crippen molar-refractivity contribution in [1.82, 2.24) is 5.16 Å². The minimum absolute atomic E-state index is 0.212. The van der Waals surface area contributed by atoms with Crippen LogP contribution in [-0.4, -0.2) is 16.2 Å². The van der Waals surface area contributed by atoms with E-state index >= 15 is 0 Å². The van der Waals surface area contributed by atoms with Crippen molar-refractivity contribution in [3.63, 3.8) is 0 Å². The monoisotopic (exact) mass is 219 g/mol. The van der Waals surface area contributed by atoms with E-state index in [2.05, 4.69) is 5.16 Å². The van der Waals surface area contributed by atoms with Crippen LogP contribution in [0.2, 0.25) is 0 Å². The molecule has 5 nitrogen and oxygen atoms in total. The smallest absolute Gasteiger partial charge is 0.335 e. The molecule has 0 spiro atoms. The fourth-order valence-corrected chi connectivity index (χ4v) is 1.18. The third-order valence-electron chi connectivity index (χ3n) is 1.93. The summed E-state index contributed by atoms with van der Waals surface area (Å²) in [5.41, 5.74) is 0.212. The standard InChI is InChI=1S/C11H9NO4/c1-7-6-10(12-16-7)15-9-4-2-8(3-5-9)11(13)14/h2-6H,1H3,(H,13,14). The van der Waals surface area contributed by atoms with E-state index in [-0.39, 0.29) is 5.56 Å². The van der Waals surface area contributed by atoms with Gasteiger partial charge in [-0.15, -0.1) is 0 Å². The van der Waals surface area contributed by atoms with Gasteiger partial charge in [0.15, 0.2) is 0 Å². The zero-order valence-electron chi connectivity index (χ0n) is 8.51. The number of aromatic carboxylic acids is 1. The van der Waals surface area contributed by atoms with Gasteiger partial charge in [-0.1, -0.05) is 0 Å². The fourth-order valence-electron chi connectivity index (χ4n) is 1.18. The summed E-state index contributed by atoms with van der Waals surface area (Å²) >= 11 is 0. The van der Waals surface area contributed by atoms with Crippen molar-refractivity contribution in [2.24, 2.45) is 0 Å². The summed E-state index contributed by atoms with van der Waals surface area (Å²) in [4.78, 5) is 10.6. The van der Waals surface area contributed by atoms with Crippen LogP contribution in [0.25, 0.3) is 0 Å². The molecule has 2 rings (SSSR count). The normalized spacial score (nSPS) is 10.1. The molecule has 0 atom stereocenters. The Morgan fingerprint density at radius 2 is 2.06 bits per heavy atom. The van der Waals surface area contributed by atoms with Crippen molar-refractivity contribution in [2.45, 2.75) is 6.92 Å². The first-order chi connectivity index (χ1) is 7.65. The molecule has 1 N–H and O–H groups in total. The minimum Gasteiger partial charge on any atom is -0.478 e. The Balaban J connectivity index is 2.14. The average Bonchev–Trinajstić information content (AvgIpc) is 2.65. The molecule has 0 amide bonds. The summed E-state index contributed by atoms with van der Waals surface area (Å²) in [5, 5.41) is 12.4. The number of rotatable bonds is 3. The SMILES string of the molecule is Cc1cc(Oc2ccc(C(=O)O)cc2)no1. The Morgan fingerprint density at radius 3 is 2.56 bits per heavy atom. The van der Waals surface area contributed by atoms with E-state index in [1.807, 2.05) is 0 Å². The van der Waals surface area contributed by atoms with Crippen molar-refractivity contribution in [3.8, 4) is 11.6 Å². The van der Waals surface area contributed by atoms with Gasteiger partial charge in [-0.05, 0) is 36.3 Å². The number of carboxylic acids is 1. The van der Waals surface area contributed by atoms with E-state index in [0.29, 0.717) is 17.4 Å². The number of hydrogen-bond acceptors (Lipinski definition) is 4. The van der Waals surface area contributed by atoms with Gasteiger partial charge in [-0.25, -0.2) is 4.79 Å². The Morgan fingerprint density at radius 1 is 1.38 bits per heavy atom. The summed E-state index contributed by atoms with van der Waals surface area (Å²) in [6.07, 6.45) is 0. The van der Waals surface area contributed by atoms with E-state index in [1.54, 1.807) is 25.1 Å². The highest BCUT2D eigenvalue weighted by Gasteiger charge is 2.05. The Kier molecular flexibility index (Phi) is 2.59. The van der Waals surface area contributed by atoms with Gasteiger partial charge in [0.25, 0.3) is 5.88 Å². The molecular weight excluding hydrogens is 210 g/mol. The van der Waals surface area contributed by atoms with Crippen LogP contribution in [0.15, 0.2) is 34.9 Å². The molecule has 5 heteroatoms. The lowest BCUT2D eigenvalue weighted by molar-refractivity contribution is 0.0697. The lowest BCUT2D eigenvalue weighted by Gasteiger charge is -2.00. The predicted molar refractivity (Wildman–Crippen MR) is 54.7 cm³/mol. The van der Waals surface area contributed by atoms with E-state index in [1.165, 1.54) is 12.1 Å². The predicted octanol–water partition coefficient (Wildman–Crippen LogP) is 2.47. The Hall–Kier alpha value is -2.30. The van der Waals surface area contributed by atoms with Gasteiger partial charge in [0.1, 0.15) is 11.5 Å². The minimum atomic E-state index is -0.969. The van der Waals surface area contributed by atoms with Gasteiger partial charge in [0.05, 0.1) is 5.56 Å². The first kappa shape index (κ1) is 10.2. The molecule has 1 aromatic heterocycles. The van der Waals surface area contributed by atoms with Crippen LogP contribution < -0.4 is 4.74 Å². The van der Waals surface area contributed by atoms with Crippen LogP contribution in [0, 0.1) is 6.92 Å². The number of carboxylic acid groups (broad SMARTS) is 1. The maximum Gasteiger partial charge on any atom is 0.335 e. The molecule has 82 valence electrons. The zero-order valence-corrected chi connectivity index (χ0v) is 8.51. The fraction of sp³-hybridized carbons (Fsp3) is 0.0909. The second-order valence-corrected chi connectivity index (χ2v) is 3.21. The lowest BCUT2D eigenvalue weighted by atomic mass is 10.2. The number of hydrogen-bond donors (Lipinski definition) is 1. The molecule has 0 unspecified atom stereocenters. The second-order valence-electron chi connectivity index (χ2n) is 3.21. The molecule has 0 radical (unpaired) electrons. The Labute approximate surface area is 91.3 Å². The summed E-state index contributed by atoms with van der Waals surface area (Å²) in [6, 6.07) is 7.70. The van der Waals surface area contributed by atoms with E-state index < -0.39 is 5.97 Å². The molecule has 1 heterocycles. The Bertz CT molecular complexity index is 501. The molecule has 16 heavy (non-hydrogen) atoms. The van der Waals surface area contributed by atoms with Gasteiger partial charge in [-0.3, -0.25) is 0 Å². The first-order valence-electron chi connectivity index (χ1n) is 4.60. The molecule has 0 aliphatic heterocycles. The summed E-state index contributed by atoms with van der Waals surface area (Å²) in [6.45, 7) is 1.76. The molecule has 2 aromatic rings. The zero-order chi connectivity index (χ0) is 11.5. The molecule has 0 saturated heterocycles. The van der Waals surface area contributed by atoms with Gasteiger partial charge < -0.3 is 14.4 Å². The van der Waals surface area contributed by atoms with Gasteiger partial charge in [0.2, 0.25) is 0 Å². The lowest BCUT2D eigenvalue weighted by Crippen LogP contribution is -1.95. The van der Waals surface area contributed by atoms with Crippen LogP contribution in [-0.2, 0) is 0 Å². The third-order valence-corrected chi connectivity index (χ3v) is 1.93. The largest absolute Gasteiger partial charge is 0.478 e. The average molecular weight is 219 g/mol. The van der Waals surface area contributed by atoms with Crippen LogP contribution in [0.1, 0.15) is 16.1 Å². The van der Waals surface area contributed by atoms with Crippen LogP contribution in [0.4, 0.5) is 0 Å². The molecular formula is C11H9NO4. The number of aromatic nitrogens is 1. The molecule has 0 aliphatic rings. The number of aryl methyl sites for hydroxylation is 1. The summed E-state index contributed by atoms with van der Waals surface area (Å²) in [7, 11) is 0. The van der Waals surface area contributed by atoms with Gasteiger partial charge >= 0.3 is 5.97 Å². The van der Waals surface area contributed by atoms with E-state index in [0.717, 1.165) is 0 Å². The quantitative estimate of drug-likeness (QED) is 0.858. The number of carbonyl (C=O) groups is 1. The molecule has 0 aliphatic carbocycles. The van der Waals surface area contributed by atoms with Crippen molar-refractivity contribution in [2.75, 3.05) is 0 Å². The molecule has 0 bridgehead atoms. The topological polar surface area (TPSA) is 72.6 Å². The molecule has 0 saturated carbocycles. The van der Waals surface area contributed by atoms with Crippen LogP contribution in [0.3, 0.4) is 0 Å². The second kappa shape index (κ2) is 4.06. The number of nitrogens with zero attached hydrogens (tertiary/aromatic N) is 1. The van der Waals surface area contributed by atoms with Crippen LogP contribution >= 0.6 is 0 Å². The summed E-state index contributed by atoms with van der Waals surface area (Å²) < 4.78 is 10.2. The maximum atomic E-state index is 10.6. The summed E-state index contributed by atoms with van der Waals surface area (Å²) in [5.74, 6) is 0.542. The highest BCUT2D eigenvalue weighted by molar-refractivity contribution is 5.87. The molecule has 1 aromatic carbocycles. The van der Waals surface area contributed by atoms with Crippen molar-refractivity contribution < 1.29 is 19.2 Å². The van der Waals surface area contributed by atoms with Crippen LogP contribution in [0.5, 0.6) is 11.6 Å². The third kappa shape index (κ3) is 2.20.